The Morgan fingerprint density at radius 2 is 0.957 bits per heavy atom. The van der Waals surface area contributed by atoms with Gasteiger partial charge in [-0.2, -0.15) is 0 Å². The molecule has 0 aliphatic carbocycles. The minimum atomic E-state index is -4.48. The number of hydrogen-bond acceptors (Lipinski definition) is 7. The molecule has 0 amide bonds. The van der Waals surface area contributed by atoms with Gasteiger partial charge in [0.1, 0.15) is 19.3 Å². The van der Waals surface area contributed by atoms with E-state index in [1.54, 1.807) is 6.92 Å². The van der Waals surface area contributed by atoms with Crippen molar-refractivity contribution in [2.45, 2.75) is 187 Å². The Bertz CT molecular complexity index is 731. The number of carbonyl (C=O) groups excluding carboxylic acids is 1. The molecule has 0 saturated heterocycles. The second kappa shape index (κ2) is 32.7. The van der Waals surface area contributed by atoms with E-state index in [2.05, 4.69) is 6.92 Å². The van der Waals surface area contributed by atoms with Crippen molar-refractivity contribution < 1.29 is 37.3 Å². The SMILES string of the molecule is CCCCCCCCCCCCCCCCCCCCCCCCCCCOCC(COP(=O)([O-])OCC[N+](C)(C)C)OC(=O)CC. The molecule has 0 aliphatic heterocycles. The normalized spacial score (nSPS) is 13.9. The van der Waals surface area contributed by atoms with Crippen molar-refractivity contribution in [1.82, 2.24) is 0 Å². The van der Waals surface area contributed by atoms with Gasteiger partial charge in [-0.3, -0.25) is 9.36 Å². The van der Waals surface area contributed by atoms with E-state index in [0.29, 0.717) is 17.6 Å². The van der Waals surface area contributed by atoms with Crippen molar-refractivity contribution in [1.29, 1.82) is 0 Å². The predicted octanol–water partition coefficient (Wildman–Crippen LogP) is 10.3. The highest BCUT2D eigenvalue weighted by atomic mass is 31.2. The third kappa shape index (κ3) is 36.6. The molecule has 0 saturated carbocycles. The number of carbonyl (C=O) groups is 1. The van der Waals surface area contributed by atoms with E-state index in [4.69, 9.17) is 18.5 Å². The minimum Gasteiger partial charge on any atom is -0.756 e. The second-order valence-corrected chi connectivity index (χ2v) is 16.0. The van der Waals surface area contributed by atoms with Gasteiger partial charge >= 0.3 is 5.97 Å². The van der Waals surface area contributed by atoms with Gasteiger partial charge in [-0.05, 0) is 6.42 Å². The Morgan fingerprint density at radius 3 is 1.32 bits per heavy atom. The highest BCUT2D eigenvalue weighted by Crippen LogP contribution is 2.38. The van der Waals surface area contributed by atoms with E-state index in [-0.39, 0.29) is 26.2 Å². The zero-order valence-corrected chi connectivity index (χ0v) is 32.6. The molecule has 2 unspecified atom stereocenters. The molecule has 8 nitrogen and oxygen atoms in total. The number of phosphoric ester groups is 1. The number of unbranched alkanes of at least 4 members (excludes halogenated alkanes) is 24. The smallest absolute Gasteiger partial charge is 0.305 e. The molecule has 0 aliphatic rings. The number of rotatable bonds is 37. The summed E-state index contributed by atoms with van der Waals surface area (Å²) in [4.78, 5) is 23.8. The second-order valence-electron chi connectivity index (χ2n) is 14.6. The highest BCUT2D eigenvalue weighted by Gasteiger charge is 2.19. The summed E-state index contributed by atoms with van der Waals surface area (Å²) in [7, 11) is 1.36. The molecule has 0 aromatic carbocycles. The molecule has 0 bridgehead atoms. The molecule has 0 aromatic heterocycles. The van der Waals surface area contributed by atoms with E-state index >= 15 is 0 Å². The number of esters is 1. The van der Waals surface area contributed by atoms with E-state index in [1.807, 2.05) is 21.1 Å². The third-order valence-corrected chi connectivity index (χ3v) is 9.68. The summed E-state index contributed by atoms with van der Waals surface area (Å²) in [6, 6.07) is 0. The van der Waals surface area contributed by atoms with Crippen molar-refractivity contribution in [3.05, 3.63) is 0 Å². The largest absolute Gasteiger partial charge is 0.756 e. The molecule has 0 fully saturated rings. The number of quaternary nitrogens is 1. The molecule has 0 spiro atoms. The Morgan fingerprint density at radius 1 is 0.574 bits per heavy atom. The van der Waals surface area contributed by atoms with Gasteiger partial charge in [0.2, 0.25) is 0 Å². The van der Waals surface area contributed by atoms with Gasteiger partial charge in [0.15, 0.2) is 0 Å². The van der Waals surface area contributed by atoms with Crippen LogP contribution in [0.5, 0.6) is 0 Å². The standard InChI is InChI=1S/C38H78NO7P/c1-6-8-9-10-11-12-13-14-15-16-17-18-19-20-21-22-23-24-25-26-27-28-29-30-31-33-43-35-37(46-38(40)7-2)36-45-47(41,42)44-34-32-39(3,4)5/h37H,6-36H2,1-5H3. The van der Waals surface area contributed by atoms with Crippen molar-refractivity contribution in [2.24, 2.45) is 0 Å². The lowest BCUT2D eigenvalue weighted by molar-refractivity contribution is -0.870. The van der Waals surface area contributed by atoms with Crippen molar-refractivity contribution in [3.63, 3.8) is 0 Å². The van der Waals surface area contributed by atoms with Gasteiger partial charge in [0.05, 0.1) is 34.4 Å². The molecule has 0 heterocycles. The molecular weight excluding hydrogens is 613 g/mol. The third-order valence-electron chi connectivity index (χ3n) is 8.71. The van der Waals surface area contributed by atoms with Gasteiger partial charge < -0.3 is 27.9 Å². The lowest BCUT2D eigenvalue weighted by atomic mass is 10.0. The first-order valence-electron chi connectivity index (χ1n) is 19.8. The van der Waals surface area contributed by atoms with Crippen molar-refractivity contribution in [2.75, 3.05) is 54.1 Å². The fourth-order valence-corrected chi connectivity index (χ4v) is 6.31. The maximum absolute atomic E-state index is 12.1. The van der Waals surface area contributed by atoms with Gasteiger partial charge in [-0.15, -0.1) is 0 Å². The Kier molecular flexibility index (Phi) is 32.3. The van der Waals surface area contributed by atoms with Crippen molar-refractivity contribution in [3.8, 4) is 0 Å². The Hall–Kier alpha value is -0.500. The van der Waals surface area contributed by atoms with Crippen molar-refractivity contribution >= 4 is 13.8 Å². The van der Waals surface area contributed by atoms with Crippen LogP contribution in [0.3, 0.4) is 0 Å². The number of likely N-dealkylation sites (N-methyl/N-ethyl adjacent to an activating group) is 1. The summed E-state index contributed by atoms with van der Waals surface area (Å²) in [6.45, 7) is 4.87. The average Bonchev–Trinajstić information content (AvgIpc) is 3.02. The molecule has 0 aromatic rings. The van der Waals surface area contributed by atoms with Crippen LogP contribution < -0.4 is 4.89 Å². The van der Waals surface area contributed by atoms with Crippen LogP contribution >= 0.6 is 7.82 Å². The minimum absolute atomic E-state index is 0.0276. The number of hydrogen-bond donors (Lipinski definition) is 0. The Balaban J connectivity index is 3.57. The van der Waals surface area contributed by atoms with Gasteiger partial charge in [-0.25, -0.2) is 0 Å². The maximum Gasteiger partial charge on any atom is 0.305 e. The van der Waals surface area contributed by atoms with E-state index in [9.17, 15) is 14.3 Å². The lowest BCUT2D eigenvalue weighted by Gasteiger charge is -2.28. The van der Waals surface area contributed by atoms with E-state index in [1.165, 1.54) is 148 Å². The molecule has 47 heavy (non-hydrogen) atoms. The van der Waals surface area contributed by atoms with Crippen LogP contribution in [0.4, 0.5) is 0 Å². The van der Waals surface area contributed by atoms with E-state index < -0.39 is 19.9 Å². The summed E-state index contributed by atoms with van der Waals surface area (Å²) in [5.41, 5.74) is 0. The topological polar surface area (TPSA) is 94.1 Å². The van der Waals surface area contributed by atoms with Crippen LogP contribution in [0, 0.1) is 0 Å². The summed E-state index contributed by atoms with van der Waals surface area (Å²) < 4.78 is 33.5. The van der Waals surface area contributed by atoms with Crippen LogP contribution in [-0.4, -0.2) is 70.7 Å². The lowest BCUT2D eigenvalue weighted by Crippen LogP contribution is -2.37. The van der Waals surface area contributed by atoms with E-state index in [0.717, 1.165) is 12.8 Å². The van der Waals surface area contributed by atoms with Gasteiger partial charge in [0, 0.05) is 13.0 Å². The van der Waals surface area contributed by atoms with Gasteiger partial charge in [0.25, 0.3) is 7.82 Å². The van der Waals surface area contributed by atoms with Gasteiger partial charge in [-0.1, -0.05) is 168 Å². The zero-order valence-electron chi connectivity index (χ0n) is 31.7. The first-order chi connectivity index (χ1) is 22.6. The average molecular weight is 692 g/mol. The fourth-order valence-electron chi connectivity index (χ4n) is 5.58. The number of ether oxygens (including phenoxy) is 2. The van der Waals surface area contributed by atoms with Crippen LogP contribution in [-0.2, 0) is 27.9 Å². The maximum atomic E-state index is 12.1. The van der Waals surface area contributed by atoms with Crippen LogP contribution in [0.15, 0.2) is 0 Å². The number of nitrogens with zero attached hydrogens (tertiary/aromatic N) is 1. The van der Waals surface area contributed by atoms with Crippen LogP contribution in [0.2, 0.25) is 0 Å². The zero-order chi connectivity index (χ0) is 34.9. The monoisotopic (exact) mass is 692 g/mol. The molecule has 9 heteroatoms. The summed E-state index contributed by atoms with van der Waals surface area (Å²) in [5, 5.41) is 0. The number of phosphoric acid groups is 1. The first kappa shape index (κ1) is 46.5. The molecular formula is C38H78NO7P. The van der Waals surface area contributed by atoms with Crippen LogP contribution in [0.1, 0.15) is 181 Å². The summed E-state index contributed by atoms with van der Waals surface area (Å²) in [5.74, 6) is -0.418. The molecule has 282 valence electrons. The highest BCUT2D eigenvalue weighted by molar-refractivity contribution is 7.45. The summed E-state index contributed by atoms with van der Waals surface area (Å²) in [6.07, 6.45) is 33.6. The summed E-state index contributed by atoms with van der Waals surface area (Å²) >= 11 is 0. The first-order valence-corrected chi connectivity index (χ1v) is 21.2. The molecule has 0 N–H and O–H groups in total. The predicted molar refractivity (Wildman–Crippen MR) is 194 cm³/mol. The fraction of sp³-hybridized carbons (Fsp3) is 0.974. The molecule has 0 rings (SSSR count). The van der Waals surface area contributed by atoms with Crippen LogP contribution in [0.25, 0.3) is 0 Å². The molecule has 0 radical (unpaired) electrons. The Labute approximate surface area is 291 Å². The quantitative estimate of drug-likeness (QED) is 0.0277. The molecule has 2 atom stereocenters.